The Kier molecular flexibility index (Phi) is 6.23. The molecule has 0 radical (unpaired) electrons. The molecule has 1 heterocycles. The third-order valence-electron chi connectivity index (χ3n) is 2.71. The molecule has 3 nitrogen and oxygen atoms in total. The SMILES string of the molecule is CCC(CSC)N(C)Cc1nc(C)cc(Cl)n1. The average Bonchev–Trinajstić information content (AvgIpc) is 2.24. The van der Waals surface area contributed by atoms with Gasteiger partial charge in [0, 0.05) is 17.5 Å². The highest BCUT2D eigenvalue weighted by Crippen LogP contribution is 2.12. The van der Waals surface area contributed by atoms with Gasteiger partial charge in [-0.05, 0) is 32.7 Å². The number of hydrogen-bond donors (Lipinski definition) is 0. The largest absolute Gasteiger partial charge is 0.295 e. The Balaban J connectivity index is 2.68. The first kappa shape index (κ1) is 14.7. The summed E-state index contributed by atoms with van der Waals surface area (Å²) in [5.41, 5.74) is 0.923. The number of rotatable bonds is 6. The minimum absolute atomic E-state index is 0.527. The molecule has 0 aliphatic heterocycles. The summed E-state index contributed by atoms with van der Waals surface area (Å²) < 4.78 is 0. The van der Waals surface area contributed by atoms with Crippen molar-refractivity contribution in [2.24, 2.45) is 0 Å². The van der Waals surface area contributed by atoms with E-state index in [1.54, 1.807) is 6.07 Å². The zero-order valence-electron chi connectivity index (χ0n) is 10.9. The van der Waals surface area contributed by atoms with Gasteiger partial charge in [-0.25, -0.2) is 9.97 Å². The fourth-order valence-corrected chi connectivity index (χ4v) is 2.89. The molecule has 0 saturated heterocycles. The zero-order chi connectivity index (χ0) is 12.8. The van der Waals surface area contributed by atoms with Crippen LogP contribution in [0.4, 0.5) is 0 Å². The van der Waals surface area contributed by atoms with Crippen molar-refractivity contribution in [1.82, 2.24) is 14.9 Å². The van der Waals surface area contributed by atoms with Crippen molar-refractivity contribution in [1.29, 1.82) is 0 Å². The van der Waals surface area contributed by atoms with Crippen molar-refractivity contribution < 1.29 is 0 Å². The van der Waals surface area contributed by atoms with Gasteiger partial charge in [0.15, 0.2) is 0 Å². The molecular formula is C12H20ClN3S. The van der Waals surface area contributed by atoms with Crippen LogP contribution in [0.15, 0.2) is 6.07 Å². The molecule has 0 spiro atoms. The van der Waals surface area contributed by atoms with Crippen molar-refractivity contribution in [2.45, 2.75) is 32.9 Å². The highest BCUT2D eigenvalue weighted by atomic mass is 35.5. The Hall–Kier alpha value is -0.320. The maximum atomic E-state index is 5.93. The van der Waals surface area contributed by atoms with Crippen LogP contribution < -0.4 is 0 Å². The van der Waals surface area contributed by atoms with Gasteiger partial charge in [0.05, 0.1) is 6.54 Å². The van der Waals surface area contributed by atoms with Gasteiger partial charge in [-0.3, -0.25) is 4.90 Å². The Bertz CT molecular complexity index is 339. The smallest absolute Gasteiger partial charge is 0.144 e. The lowest BCUT2D eigenvalue weighted by atomic mass is 10.2. The quantitative estimate of drug-likeness (QED) is 0.745. The predicted octanol–water partition coefficient (Wildman–Crippen LogP) is 3.01. The molecule has 0 N–H and O–H groups in total. The Labute approximate surface area is 113 Å². The van der Waals surface area contributed by atoms with Crippen LogP contribution >= 0.6 is 23.4 Å². The van der Waals surface area contributed by atoms with E-state index in [1.807, 2.05) is 18.7 Å². The fourth-order valence-electron chi connectivity index (χ4n) is 1.76. The van der Waals surface area contributed by atoms with Gasteiger partial charge in [0.25, 0.3) is 0 Å². The van der Waals surface area contributed by atoms with Crippen LogP contribution in [0.3, 0.4) is 0 Å². The molecule has 0 aliphatic rings. The standard InChI is InChI=1S/C12H20ClN3S/c1-5-10(8-17-4)16(3)7-12-14-9(2)6-11(13)15-12/h6,10H,5,7-8H2,1-4H3. The minimum atomic E-state index is 0.527. The molecule has 1 atom stereocenters. The molecule has 0 fully saturated rings. The summed E-state index contributed by atoms with van der Waals surface area (Å²) in [5, 5.41) is 0.527. The van der Waals surface area contributed by atoms with Gasteiger partial charge in [0.1, 0.15) is 11.0 Å². The molecule has 0 amide bonds. The van der Waals surface area contributed by atoms with E-state index in [1.165, 1.54) is 0 Å². The van der Waals surface area contributed by atoms with E-state index < -0.39 is 0 Å². The normalized spacial score (nSPS) is 13.1. The number of hydrogen-bond acceptors (Lipinski definition) is 4. The summed E-state index contributed by atoms with van der Waals surface area (Å²) in [4.78, 5) is 11.0. The van der Waals surface area contributed by atoms with E-state index in [9.17, 15) is 0 Å². The van der Waals surface area contributed by atoms with Crippen LogP contribution in [0.1, 0.15) is 24.9 Å². The monoisotopic (exact) mass is 273 g/mol. The van der Waals surface area contributed by atoms with Crippen LogP contribution in [-0.4, -0.2) is 40.0 Å². The van der Waals surface area contributed by atoms with E-state index in [0.29, 0.717) is 11.2 Å². The van der Waals surface area contributed by atoms with Gasteiger partial charge in [-0.2, -0.15) is 11.8 Å². The van der Waals surface area contributed by atoms with Gasteiger partial charge < -0.3 is 0 Å². The first-order chi connectivity index (χ1) is 8.06. The molecule has 1 rings (SSSR count). The van der Waals surface area contributed by atoms with E-state index in [-0.39, 0.29) is 0 Å². The van der Waals surface area contributed by atoms with Crippen molar-refractivity contribution in [3.05, 3.63) is 22.7 Å². The first-order valence-electron chi connectivity index (χ1n) is 5.76. The van der Waals surface area contributed by atoms with E-state index in [0.717, 1.165) is 30.2 Å². The maximum Gasteiger partial charge on any atom is 0.144 e. The summed E-state index contributed by atoms with van der Waals surface area (Å²) >= 11 is 7.81. The highest BCUT2D eigenvalue weighted by Gasteiger charge is 2.13. The molecule has 0 aromatic carbocycles. The Morgan fingerprint density at radius 2 is 2.18 bits per heavy atom. The molecule has 5 heteroatoms. The van der Waals surface area contributed by atoms with E-state index in [4.69, 9.17) is 11.6 Å². The second-order valence-corrected chi connectivity index (χ2v) is 5.48. The lowest BCUT2D eigenvalue weighted by Gasteiger charge is -2.25. The van der Waals surface area contributed by atoms with Crippen LogP contribution in [0, 0.1) is 6.92 Å². The lowest BCUT2D eigenvalue weighted by molar-refractivity contribution is 0.242. The first-order valence-corrected chi connectivity index (χ1v) is 7.53. The number of halogens is 1. The molecule has 0 aliphatic carbocycles. The van der Waals surface area contributed by atoms with Crippen LogP contribution in [-0.2, 0) is 6.54 Å². The van der Waals surface area contributed by atoms with Gasteiger partial charge in [-0.15, -0.1) is 0 Å². The molecule has 0 bridgehead atoms. The number of aryl methyl sites for hydroxylation is 1. The summed E-state index contributed by atoms with van der Waals surface area (Å²) in [6.45, 7) is 4.90. The molecule has 1 unspecified atom stereocenters. The van der Waals surface area contributed by atoms with Crippen molar-refractivity contribution in [2.75, 3.05) is 19.1 Å². The van der Waals surface area contributed by atoms with Gasteiger partial charge >= 0.3 is 0 Å². The highest BCUT2D eigenvalue weighted by molar-refractivity contribution is 7.98. The molecule has 96 valence electrons. The number of thioether (sulfide) groups is 1. The molecule has 17 heavy (non-hydrogen) atoms. The third kappa shape index (κ3) is 4.82. The summed E-state index contributed by atoms with van der Waals surface area (Å²) in [7, 11) is 2.12. The predicted molar refractivity (Wildman–Crippen MR) is 75.7 cm³/mol. The fraction of sp³-hybridized carbons (Fsp3) is 0.667. The Morgan fingerprint density at radius 3 is 2.71 bits per heavy atom. The van der Waals surface area contributed by atoms with Crippen molar-refractivity contribution in [3.63, 3.8) is 0 Å². The second kappa shape index (κ2) is 7.19. The van der Waals surface area contributed by atoms with Crippen LogP contribution in [0.5, 0.6) is 0 Å². The number of nitrogens with zero attached hydrogens (tertiary/aromatic N) is 3. The summed E-state index contributed by atoms with van der Waals surface area (Å²) in [6, 6.07) is 2.34. The van der Waals surface area contributed by atoms with Gasteiger partial charge in [0.2, 0.25) is 0 Å². The maximum absolute atomic E-state index is 5.93. The summed E-state index contributed by atoms with van der Waals surface area (Å²) in [6.07, 6.45) is 3.27. The third-order valence-corrected chi connectivity index (χ3v) is 3.63. The van der Waals surface area contributed by atoms with Crippen molar-refractivity contribution in [3.8, 4) is 0 Å². The minimum Gasteiger partial charge on any atom is -0.295 e. The van der Waals surface area contributed by atoms with Crippen molar-refractivity contribution >= 4 is 23.4 Å². The second-order valence-electron chi connectivity index (χ2n) is 4.18. The molecule has 1 aromatic rings. The van der Waals surface area contributed by atoms with E-state index >= 15 is 0 Å². The average molecular weight is 274 g/mol. The van der Waals surface area contributed by atoms with Crippen LogP contribution in [0.2, 0.25) is 5.15 Å². The van der Waals surface area contributed by atoms with E-state index in [2.05, 4.69) is 35.1 Å². The topological polar surface area (TPSA) is 29.0 Å². The molecular weight excluding hydrogens is 254 g/mol. The Morgan fingerprint density at radius 1 is 1.47 bits per heavy atom. The van der Waals surface area contributed by atoms with Crippen LogP contribution in [0.25, 0.3) is 0 Å². The molecule has 1 aromatic heterocycles. The van der Waals surface area contributed by atoms with Gasteiger partial charge in [-0.1, -0.05) is 18.5 Å². The number of aromatic nitrogens is 2. The molecule has 0 saturated carbocycles. The lowest BCUT2D eigenvalue weighted by Crippen LogP contribution is -2.33. The summed E-state index contributed by atoms with van der Waals surface area (Å²) in [5.74, 6) is 1.93. The zero-order valence-corrected chi connectivity index (χ0v) is 12.5.